The summed E-state index contributed by atoms with van der Waals surface area (Å²) < 4.78 is 5.81. The number of aryl methyl sites for hydroxylation is 1. The lowest BCUT2D eigenvalue weighted by atomic mass is 10.1. The summed E-state index contributed by atoms with van der Waals surface area (Å²) in [7, 11) is 0. The molecule has 1 aromatic heterocycles. The molecule has 0 aliphatic heterocycles. The maximum atomic E-state index is 12.7. The van der Waals surface area contributed by atoms with Crippen LogP contribution >= 0.6 is 0 Å². The first-order valence-corrected chi connectivity index (χ1v) is 10.6. The molecule has 0 aliphatic rings. The van der Waals surface area contributed by atoms with Gasteiger partial charge in [0, 0.05) is 34.0 Å². The van der Waals surface area contributed by atoms with Crippen LogP contribution in [0, 0.1) is 12.8 Å². The van der Waals surface area contributed by atoms with Crippen LogP contribution < -0.4 is 10.6 Å². The third-order valence-corrected chi connectivity index (χ3v) is 5.00. The molecule has 166 valence electrons. The molecule has 0 atom stereocenters. The summed E-state index contributed by atoms with van der Waals surface area (Å²) in [6.45, 7) is 5.65. The van der Waals surface area contributed by atoms with Gasteiger partial charge >= 0.3 is 0 Å². The van der Waals surface area contributed by atoms with Crippen molar-refractivity contribution in [2.75, 3.05) is 10.6 Å². The van der Waals surface area contributed by atoms with Gasteiger partial charge in [-0.15, -0.1) is 10.2 Å². The van der Waals surface area contributed by atoms with Crippen LogP contribution in [0.3, 0.4) is 0 Å². The van der Waals surface area contributed by atoms with Crippen molar-refractivity contribution in [1.29, 1.82) is 0 Å². The summed E-state index contributed by atoms with van der Waals surface area (Å²) in [4.78, 5) is 24.6. The molecule has 0 saturated heterocycles. The minimum Gasteiger partial charge on any atom is -0.416 e. The van der Waals surface area contributed by atoms with Crippen LogP contribution in [0.5, 0.6) is 0 Å². The number of hydrogen-bond donors (Lipinski definition) is 2. The van der Waals surface area contributed by atoms with E-state index in [1.54, 1.807) is 48.5 Å². The van der Waals surface area contributed by atoms with Crippen molar-refractivity contribution >= 4 is 23.2 Å². The molecule has 2 amide bonds. The highest BCUT2D eigenvalue weighted by atomic mass is 16.4. The molecule has 0 fully saturated rings. The first-order chi connectivity index (χ1) is 15.9. The summed E-state index contributed by atoms with van der Waals surface area (Å²) in [5.74, 6) is 0.348. The number of rotatable bonds is 6. The number of amides is 2. The zero-order chi connectivity index (χ0) is 23.4. The van der Waals surface area contributed by atoms with Crippen LogP contribution in [0.1, 0.15) is 29.8 Å². The summed E-state index contributed by atoms with van der Waals surface area (Å²) in [6, 6.07) is 21.8. The summed E-state index contributed by atoms with van der Waals surface area (Å²) >= 11 is 0. The van der Waals surface area contributed by atoms with Gasteiger partial charge in [0.2, 0.25) is 17.7 Å². The van der Waals surface area contributed by atoms with E-state index in [0.29, 0.717) is 28.7 Å². The molecule has 0 saturated carbocycles. The van der Waals surface area contributed by atoms with Gasteiger partial charge in [0.25, 0.3) is 5.91 Å². The van der Waals surface area contributed by atoms with Crippen molar-refractivity contribution in [3.8, 4) is 22.9 Å². The number of hydrogen-bond acceptors (Lipinski definition) is 5. The normalized spacial score (nSPS) is 10.8. The molecular formula is C26H24N4O3. The molecule has 0 radical (unpaired) electrons. The zero-order valence-electron chi connectivity index (χ0n) is 18.6. The maximum Gasteiger partial charge on any atom is 0.255 e. The smallest absolute Gasteiger partial charge is 0.255 e. The van der Waals surface area contributed by atoms with Crippen molar-refractivity contribution in [2.45, 2.75) is 20.8 Å². The fourth-order valence-corrected chi connectivity index (χ4v) is 3.16. The molecule has 3 aromatic carbocycles. The number of carbonyl (C=O) groups excluding carboxylic acids is 2. The number of benzene rings is 3. The summed E-state index contributed by atoms with van der Waals surface area (Å²) in [6.07, 6.45) is 0. The standard InChI is InChI=1S/C26H24N4O3/c1-16(2)23(31)27-21-8-5-9-22(15-21)28-24(32)18-10-12-19(13-11-18)25-29-30-26(33-25)20-7-4-6-17(3)14-20/h4-16H,1-3H3,(H,27,31)(H,28,32). The Bertz CT molecular complexity index is 1290. The fraction of sp³-hybridized carbons (Fsp3) is 0.154. The number of anilines is 2. The second-order valence-electron chi connectivity index (χ2n) is 8.04. The number of aromatic nitrogens is 2. The fourth-order valence-electron chi connectivity index (χ4n) is 3.16. The van der Waals surface area contributed by atoms with Crippen LogP contribution in [0.15, 0.2) is 77.2 Å². The van der Waals surface area contributed by atoms with E-state index in [0.717, 1.165) is 16.7 Å². The predicted molar refractivity (Wildman–Crippen MR) is 128 cm³/mol. The topological polar surface area (TPSA) is 97.1 Å². The second kappa shape index (κ2) is 9.48. The molecule has 0 unspecified atom stereocenters. The van der Waals surface area contributed by atoms with Crippen LogP contribution in [0.4, 0.5) is 11.4 Å². The van der Waals surface area contributed by atoms with Gasteiger partial charge in [-0.3, -0.25) is 9.59 Å². The maximum absolute atomic E-state index is 12.7. The lowest BCUT2D eigenvalue weighted by Crippen LogP contribution is -2.18. The largest absolute Gasteiger partial charge is 0.416 e. The third kappa shape index (κ3) is 5.33. The highest BCUT2D eigenvalue weighted by molar-refractivity contribution is 6.05. The SMILES string of the molecule is Cc1cccc(-c2nnc(-c3ccc(C(=O)Nc4cccc(NC(=O)C(C)C)c4)cc3)o2)c1. The molecular weight excluding hydrogens is 416 g/mol. The van der Waals surface area contributed by atoms with Gasteiger partial charge < -0.3 is 15.1 Å². The molecule has 4 rings (SSSR count). The molecule has 4 aromatic rings. The third-order valence-electron chi connectivity index (χ3n) is 5.00. The Morgan fingerprint density at radius 3 is 2.09 bits per heavy atom. The molecule has 7 heteroatoms. The molecule has 33 heavy (non-hydrogen) atoms. The Kier molecular flexibility index (Phi) is 6.31. The lowest BCUT2D eigenvalue weighted by Gasteiger charge is -2.10. The van der Waals surface area contributed by atoms with Gasteiger partial charge in [-0.1, -0.05) is 37.6 Å². The van der Waals surface area contributed by atoms with Crippen LogP contribution in [0.2, 0.25) is 0 Å². The van der Waals surface area contributed by atoms with Gasteiger partial charge in [-0.25, -0.2) is 0 Å². The van der Waals surface area contributed by atoms with Crippen molar-refractivity contribution in [1.82, 2.24) is 10.2 Å². The van der Waals surface area contributed by atoms with E-state index in [-0.39, 0.29) is 17.7 Å². The molecule has 0 spiro atoms. The van der Waals surface area contributed by atoms with Crippen molar-refractivity contribution in [2.24, 2.45) is 5.92 Å². The summed E-state index contributed by atoms with van der Waals surface area (Å²) in [5.41, 5.74) is 4.38. The monoisotopic (exact) mass is 440 g/mol. The summed E-state index contributed by atoms with van der Waals surface area (Å²) in [5, 5.41) is 13.9. The van der Waals surface area contributed by atoms with E-state index >= 15 is 0 Å². The number of nitrogens with one attached hydrogen (secondary N) is 2. The van der Waals surface area contributed by atoms with Gasteiger partial charge in [0.05, 0.1) is 0 Å². The molecule has 1 heterocycles. The van der Waals surface area contributed by atoms with Gasteiger partial charge in [-0.05, 0) is 61.5 Å². The van der Waals surface area contributed by atoms with Crippen molar-refractivity contribution < 1.29 is 14.0 Å². The van der Waals surface area contributed by atoms with E-state index in [9.17, 15) is 9.59 Å². The van der Waals surface area contributed by atoms with Crippen LogP contribution in [-0.4, -0.2) is 22.0 Å². The van der Waals surface area contributed by atoms with Gasteiger partial charge in [0.1, 0.15) is 0 Å². The van der Waals surface area contributed by atoms with E-state index in [4.69, 9.17) is 4.42 Å². The Balaban J connectivity index is 1.44. The van der Waals surface area contributed by atoms with Gasteiger partial charge in [-0.2, -0.15) is 0 Å². The number of carbonyl (C=O) groups is 2. The lowest BCUT2D eigenvalue weighted by molar-refractivity contribution is -0.118. The van der Waals surface area contributed by atoms with Crippen molar-refractivity contribution in [3.63, 3.8) is 0 Å². The Morgan fingerprint density at radius 1 is 0.788 bits per heavy atom. The average Bonchev–Trinajstić information content (AvgIpc) is 3.30. The van der Waals surface area contributed by atoms with Gasteiger partial charge in [0.15, 0.2) is 0 Å². The average molecular weight is 441 g/mol. The molecule has 0 bridgehead atoms. The van der Waals surface area contributed by atoms with Crippen molar-refractivity contribution in [3.05, 3.63) is 83.9 Å². The van der Waals surface area contributed by atoms with Crippen LogP contribution in [-0.2, 0) is 4.79 Å². The Morgan fingerprint density at radius 2 is 1.42 bits per heavy atom. The van der Waals surface area contributed by atoms with E-state index < -0.39 is 0 Å². The van der Waals surface area contributed by atoms with E-state index in [1.165, 1.54) is 0 Å². The zero-order valence-corrected chi connectivity index (χ0v) is 18.6. The minimum absolute atomic E-state index is 0.0827. The highest BCUT2D eigenvalue weighted by Gasteiger charge is 2.13. The first-order valence-electron chi connectivity index (χ1n) is 10.6. The molecule has 7 nitrogen and oxygen atoms in total. The highest BCUT2D eigenvalue weighted by Crippen LogP contribution is 2.25. The Hall–Kier alpha value is -4.26. The number of nitrogens with zero attached hydrogens (tertiary/aromatic N) is 2. The van der Waals surface area contributed by atoms with E-state index in [1.807, 2.05) is 45.0 Å². The molecule has 2 N–H and O–H groups in total. The Labute approximate surface area is 191 Å². The first kappa shape index (κ1) is 22.0. The minimum atomic E-state index is -0.264. The van der Waals surface area contributed by atoms with Crippen LogP contribution in [0.25, 0.3) is 22.9 Å². The second-order valence-corrected chi connectivity index (χ2v) is 8.04. The molecule has 0 aliphatic carbocycles. The van der Waals surface area contributed by atoms with E-state index in [2.05, 4.69) is 20.8 Å². The quantitative estimate of drug-likeness (QED) is 0.409. The predicted octanol–water partition coefficient (Wildman–Crippen LogP) is 5.56.